The molecule has 2 N–H and O–H groups in total. The Kier molecular flexibility index (Phi) is 5.54. The number of hydrogen-bond donors (Lipinski definition) is 2. The minimum absolute atomic E-state index is 0.0163. The maximum Gasteiger partial charge on any atom is 0.336 e. The molecule has 0 saturated carbocycles. The first-order valence-corrected chi connectivity index (χ1v) is 8.33. The van der Waals surface area contributed by atoms with Gasteiger partial charge >= 0.3 is 11.9 Å². The number of carboxylic acids is 2. The highest BCUT2D eigenvalue weighted by Gasteiger charge is 2.34. The van der Waals surface area contributed by atoms with Gasteiger partial charge in [-0.1, -0.05) is 61.5 Å². The molecule has 0 aromatic heterocycles. The van der Waals surface area contributed by atoms with Crippen molar-refractivity contribution in [2.24, 2.45) is 10.8 Å². The molecule has 0 aliphatic rings. The Hall–Kier alpha value is -1.84. The molecule has 0 heterocycles. The van der Waals surface area contributed by atoms with Gasteiger partial charge < -0.3 is 10.2 Å². The van der Waals surface area contributed by atoms with Crippen LogP contribution in [0, 0.1) is 10.8 Å². The summed E-state index contributed by atoms with van der Waals surface area (Å²) in [6, 6.07) is 3.23. The van der Waals surface area contributed by atoms with Crippen molar-refractivity contribution in [2.45, 2.75) is 67.2 Å². The topological polar surface area (TPSA) is 74.6 Å². The zero-order chi connectivity index (χ0) is 19.0. The molecule has 0 aliphatic carbocycles. The second-order valence-electron chi connectivity index (χ2n) is 8.78. The van der Waals surface area contributed by atoms with Crippen molar-refractivity contribution in [2.75, 3.05) is 0 Å². The van der Waals surface area contributed by atoms with Crippen LogP contribution in [0.1, 0.15) is 99.1 Å². The van der Waals surface area contributed by atoms with Gasteiger partial charge in [-0.3, -0.25) is 0 Å². The summed E-state index contributed by atoms with van der Waals surface area (Å²) in [5, 5.41) is 19.5. The third-order valence-electron chi connectivity index (χ3n) is 5.22. The van der Waals surface area contributed by atoms with E-state index in [9.17, 15) is 19.8 Å². The summed E-state index contributed by atoms with van der Waals surface area (Å²) in [5.41, 5.74) is 0.983. The highest BCUT2D eigenvalue weighted by molar-refractivity contribution is 5.98. The van der Waals surface area contributed by atoms with Crippen molar-refractivity contribution in [3.05, 3.63) is 34.4 Å². The quantitative estimate of drug-likeness (QED) is 0.775. The number of aromatic carboxylic acids is 2. The summed E-state index contributed by atoms with van der Waals surface area (Å²) >= 11 is 0. The zero-order valence-electron chi connectivity index (χ0n) is 16.0. The van der Waals surface area contributed by atoms with E-state index < -0.39 is 11.9 Å². The lowest BCUT2D eigenvalue weighted by Gasteiger charge is -2.33. The number of carboxylic acid groups (broad SMARTS) is 2. The van der Waals surface area contributed by atoms with Crippen molar-refractivity contribution in [1.29, 1.82) is 0 Å². The van der Waals surface area contributed by atoms with Crippen molar-refractivity contribution < 1.29 is 19.8 Å². The van der Waals surface area contributed by atoms with E-state index >= 15 is 0 Å². The van der Waals surface area contributed by atoms with Crippen molar-refractivity contribution in [3.8, 4) is 0 Å². The van der Waals surface area contributed by atoms with Crippen LogP contribution in [0.15, 0.2) is 12.1 Å². The third kappa shape index (κ3) is 3.97. The molecule has 1 aromatic rings. The van der Waals surface area contributed by atoms with E-state index in [2.05, 4.69) is 20.8 Å². The van der Waals surface area contributed by atoms with Crippen LogP contribution in [-0.2, 0) is 0 Å². The van der Waals surface area contributed by atoms with Gasteiger partial charge in [0, 0.05) is 0 Å². The lowest BCUT2D eigenvalue weighted by molar-refractivity contribution is 0.0690. The van der Waals surface area contributed by atoms with Crippen LogP contribution < -0.4 is 0 Å². The van der Waals surface area contributed by atoms with Gasteiger partial charge in [-0.15, -0.1) is 0 Å². The fraction of sp³-hybridized carbons (Fsp3) is 0.600. The molecule has 2 unspecified atom stereocenters. The summed E-state index contributed by atoms with van der Waals surface area (Å²) in [5.74, 6) is -2.37. The molecule has 0 fully saturated rings. The monoisotopic (exact) mass is 334 g/mol. The molecule has 0 amide bonds. The standard InChI is InChI=1S/C20H30O4/c1-11(19(3,4)5)13-9-10-14(17(21)22)15(16(13)18(23)24)12(2)20(6,7)8/h9-12H,1-8H3,(H,21,22)(H,23,24). The molecule has 24 heavy (non-hydrogen) atoms. The van der Waals surface area contributed by atoms with Crippen LogP contribution in [-0.4, -0.2) is 22.2 Å². The van der Waals surface area contributed by atoms with Crippen LogP contribution in [0.3, 0.4) is 0 Å². The Morgan fingerprint density at radius 1 is 0.833 bits per heavy atom. The van der Waals surface area contributed by atoms with Crippen molar-refractivity contribution >= 4 is 11.9 Å². The number of benzene rings is 1. The fourth-order valence-electron chi connectivity index (χ4n) is 2.77. The maximum atomic E-state index is 12.1. The van der Waals surface area contributed by atoms with Gasteiger partial charge in [-0.2, -0.15) is 0 Å². The minimum Gasteiger partial charge on any atom is -0.478 e. The van der Waals surface area contributed by atoms with Crippen LogP contribution in [0.4, 0.5) is 0 Å². The van der Waals surface area contributed by atoms with Crippen molar-refractivity contribution in [3.63, 3.8) is 0 Å². The molecular weight excluding hydrogens is 304 g/mol. The summed E-state index contributed by atoms with van der Waals surface area (Å²) in [7, 11) is 0. The Morgan fingerprint density at radius 3 is 1.62 bits per heavy atom. The van der Waals surface area contributed by atoms with Crippen LogP contribution >= 0.6 is 0 Å². The second-order valence-corrected chi connectivity index (χ2v) is 8.78. The van der Waals surface area contributed by atoms with Gasteiger partial charge in [0.25, 0.3) is 0 Å². The summed E-state index contributed by atoms with van der Waals surface area (Å²) < 4.78 is 0. The molecule has 134 valence electrons. The number of carbonyl (C=O) groups is 2. The first-order valence-electron chi connectivity index (χ1n) is 8.33. The van der Waals surface area contributed by atoms with Gasteiger partial charge in [0.05, 0.1) is 11.1 Å². The van der Waals surface area contributed by atoms with Crippen LogP contribution in [0.25, 0.3) is 0 Å². The first-order chi connectivity index (χ1) is 10.7. The molecule has 0 aliphatic heterocycles. The lowest BCUT2D eigenvalue weighted by atomic mass is 9.70. The Labute approximate surface area is 144 Å². The largest absolute Gasteiger partial charge is 0.478 e. The fourth-order valence-corrected chi connectivity index (χ4v) is 2.77. The Morgan fingerprint density at radius 2 is 1.29 bits per heavy atom. The van der Waals surface area contributed by atoms with E-state index in [1.165, 1.54) is 0 Å². The van der Waals surface area contributed by atoms with Gasteiger partial charge in [0.15, 0.2) is 0 Å². The first kappa shape index (κ1) is 20.2. The summed E-state index contributed by atoms with van der Waals surface area (Å²) in [4.78, 5) is 23.8. The third-order valence-corrected chi connectivity index (χ3v) is 5.22. The maximum absolute atomic E-state index is 12.1. The predicted molar refractivity (Wildman–Crippen MR) is 96.1 cm³/mol. The zero-order valence-corrected chi connectivity index (χ0v) is 16.0. The lowest BCUT2D eigenvalue weighted by Crippen LogP contribution is -2.25. The van der Waals surface area contributed by atoms with E-state index in [0.29, 0.717) is 11.1 Å². The average Bonchev–Trinajstić information content (AvgIpc) is 2.41. The molecule has 0 bridgehead atoms. The van der Waals surface area contributed by atoms with Gasteiger partial charge in [-0.25, -0.2) is 9.59 Å². The van der Waals surface area contributed by atoms with Gasteiger partial charge in [0.1, 0.15) is 0 Å². The molecular formula is C20H30O4. The Balaban J connectivity index is 3.87. The summed E-state index contributed by atoms with van der Waals surface area (Å²) in [6.45, 7) is 16.1. The van der Waals surface area contributed by atoms with E-state index in [1.54, 1.807) is 12.1 Å². The van der Waals surface area contributed by atoms with E-state index in [-0.39, 0.29) is 33.8 Å². The molecule has 1 aromatic carbocycles. The number of hydrogen-bond acceptors (Lipinski definition) is 2. The smallest absolute Gasteiger partial charge is 0.336 e. The molecule has 1 rings (SSSR count). The Bertz CT molecular complexity index is 645. The van der Waals surface area contributed by atoms with E-state index in [0.717, 1.165) is 0 Å². The molecule has 4 heteroatoms. The summed E-state index contributed by atoms with van der Waals surface area (Å²) in [6.07, 6.45) is 0. The van der Waals surface area contributed by atoms with Gasteiger partial charge in [-0.05, 0) is 39.9 Å². The predicted octanol–water partition coefficient (Wildman–Crippen LogP) is 5.38. The molecule has 4 nitrogen and oxygen atoms in total. The van der Waals surface area contributed by atoms with Gasteiger partial charge in [0.2, 0.25) is 0 Å². The minimum atomic E-state index is -1.08. The molecule has 2 atom stereocenters. The SMILES string of the molecule is CC(c1ccc(C(=O)O)c(C(C)C(C)(C)C)c1C(=O)O)C(C)(C)C. The second kappa shape index (κ2) is 6.58. The van der Waals surface area contributed by atoms with E-state index in [4.69, 9.17) is 0 Å². The number of rotatable bonds is 4. The van der Waals surface area contributed by atoms with Crippen LogP contribution in [0.2, 0.25) is 0 Å². The average molecular weight is 334 g/mol. The highest BCUT2D eigenvalue weighted by Crippen LogP contribution is 2.43. The molecule has 0 saturated heterocycles. The van der Waals surface area contributed by atoms with Crippen LogP contribution in [0.5, 0.6) is 0 Å². The van der Waals surface area contributed by atoms with Crippen molar-refractivity contribution in [1.82, 2.24) is 0 Å². The molecule has 0 spiro atoms. The highest BCUT2D eigenvalue weighted by atomic mass is 16.4. The van der Waals surface area contributed by atoms with E-state index in [1.807, 2.05) is 34.6 Å². The normalized spacial score (nSPS) is 15.0. The molecule has 0 radical (unpaired) electrons.